The summed E-state index contributed by atoms with van der Waals surface area (Å²) in [5, 5.41) is 0. The number of amides is 2. The number of anilines is 1. The quantitative estimate of drug-likeness (QED) is 0.758. The number of methoxy groups -OCH3 is 1. The zero-order chi connectivity index (χ0) is 21.3. The molecule has 5 heteroatoms. The van der Waals surface area contributed by atoms with Gasteiger partial charge in [-0.1, -0.05) is 36.8 Å². The summed E-state index contributed by atoms with van der Waals surface area (Å²) in [6.07, 6.45) is 2.02. The lowest BCUT2D eigenvalue weighted by Crippen LogP contribution is -2.49. The van der Waals surface area contributed by atoms with Crippen LogP contribution in [0.25, 0.3) is 0 Å². The number of carbonyl (C=O) groups is 2. The van der Waals surface area contributed by atoms with Crippen molar-refractivity contribution in [2.75, 3.05) is 25.1 Å². The normalized spacial score (nSPS) is 24.2. The summed E-state index contributed by atoms with van der Waals surface area (Å²) >= 11 is 0. The van der Waals surface area contributed by atoms with Crippen LogP contribution in [0.5, 0.6) is 5.75 Å². The molecular weight excluding hydrogens is 376 g/mol. The van der Waals surface area contributed by atoms with Crippen LogP contribution in [0.4, 0.5) is 5.69 Å². The third-order valence-electron chi connectivity index (χ3n) is 6.42. The third kappa shape index (κ3) is 3.93. The largest absolute Gasteiger partial charge is 0.497 e. The van der Waals surface area contributed by atoms with Crippen LogP contribution < -0.4 is 9.64 Å². The van der Waals surface area contributed by atoms with Crippen molar-refractivity contribution >= 4 is 17.5 Å². The average Bonchev–Trinajstić information content (AvgIpc) is 3.20. The molecule has 0 aromatic heterocycles. The molecule has 2 aliphatic rings. The van der Waals surface area contributed by atoms with Crippen molar-refractivity contribution < 1.29 is 14.3 Å². The fourth-order valence-corrected chi connectivity index (χ4v) is 4.71. The molecule has 3 atom stereocenters. The molecule has 0 saturated carbocycles. The Kier molecular flexibility index (Phi) is 5.80. The lowest BCUT2D eigenvalue weighted by Gasteiger charge is -2.42. The third-order valence-corrected chi connectivity index (χ3v) is 6.42. The monoisotopic (exact) mass is 406 g/mol. The van der Waals surface area contributed by atoms with E-state index in [1.54, 1.807) is 7.11 Å². The fourth-order valence-electron chi connectivity index (χ4n) is 4.71. The Balaban J connectivity index is 1.75. The lowest BCUT2D eigenvalue weighted by atomic mass is 9.82. The fraction of sp³-hybridized carbons (Fsp3) is 0.440. The molecule has 0 N–H and O–H groups in total. The van der Waals surface area contributed by atoms with E-state index in [1.807, 2.05) is 65.3 Å². The molecule has 5 nitrogen and oxygen atoms in total. The van der Waals surface area contributed by atoms with Crippen LogP contribution in [0, 0.1) is 18.8 Å². The van der Waals surface area contributed by atoms with Gasteiger partial charge in [-0.25, -0.2) is 0 Å². The molecule has 2 aromatic carbocycles. The first kappa shape index (κ1) is 20.5. The van der Waals surface area contributed by atoms with Gasteiger partial charge in [-0.2, -0.15) is 0 Å². The van der Waals surface area contributed by atoms with Crippen molar-refractivity contribution in [3.63, 3.8) is 0 Å². The summed E-state index contributed by atoms with van der Waals surface area (Å²) in [6.45, 7) is 5.84. The van der Waals surface area contributed by atoms with E-state index < -0.39 is 0 Å². The van der Waals surface area contributed by atoms with Crippen LogP contribution >= 0.6 is 0 Å². The number of nitrogens with zero attached hydrogens (tertiary/aromatic N) is 2. The molecule has 0 aliphatic carbocycles. The van der Waals surface area contributed by atoms with E-state index in [0.717, 1.165) is 42.1 Å². The number of hydrogen-bond donors (Lipinski definition) is 0. The van der Waals surface area contributed by atoms with E-state index in [9.17, 15) is 9.59 Å². The average molecular weight is 407 g/mol. The first-order valence-electron chi connectivity index (χ1n) is 10.8. The number of rotatable bonds is 4. The van der Waals surface area contributed by atoms with E-state index in [1.165, 1.54) is 0 Å². The minimum atomic E-state index is -0.316. The van der Waals surface area contributed by atoms with Crippen LogP contribution in [0.15, 0.2) is 48.5 Å². The van der Waals surface area contributed by atoms with Gasteiger partial charge in [0.05, 0.1) is 19.1 Å². The van der Waals surface area contributed by atoms with Crippen molar-refractivity contribution in [2.45, 2.75) is 39.2 Å². The maximum Gasteiger partial charge on any atom is 0.228 e. The van der Waals surface area contributed by atoms with Crippen molar-refractivity contribution in [3.05, 3.63) is 59.7 Å². The van der Waals surface area contributed by atoms with E-state index in [0.29, 0.717) is 18.8 Å². The van der Waals surface area contributed by atoms with Crippen molar-refractivity contribution in [1.82, 2.24) is 4.90 Å². The number of likely N-dealkylation sites (tertiary alicyclic amines) is 1. The minimum Gasteiger partial charge on any atom is -0.497 e. The van der Waals surface area contributed by atoms with Gasteiger partial charge in [-0.15, -0.1) is 0 Å². The summed E-state index contributed by atoms with van der Waals surface area (Å²) in [5.74, 6) is 1.29. The molecule has 2 saturated heterocycles. The Labute approximate surface area is 178 Å². The van der Waals surface area contributed by atoms with E-state index in [4.69, 9.17) is 4.74 Å². The van der Waals surface area contributed by atoms with Crippen LogP contribution in [0.2, 0.25) is 0 Å². The van der Waals surface area contributed by atoms with Gasteiger partial charge in [-0.05, 0) is 55.5 Å². The van der Waals surface area contributed by atoms with Gasteiger partial charge in [-0.3, -0.25) is 9.59 Å². The van der Waals surface area contributed by atoms with Crippen LogP contribution in [-0.2, 0) is 9.59 Å². The molecule has 2 heterocycles. The van der Waals surface area contributed by atoms with Gasteiger partial charge in [0.25, 0.3) is 0 Å². The minimum absolute atomic E-state index is 0.0681. The number of carbonyl (C=O) groups excluding carboxylic acids is 2. The Hall–Kier alpha value is -2.82. The second-order valence-corrected chi connectivity index (χ2v) is 8.64. The highest BCUT2D eigenvalue weighted by molar-refractivity contribution is 5.97. The van der Waals surface area contributed by atoms with Gasteiger partial charge in [0, 0.05) is 25.2 Å². The molecule has 2 amide bonds. The second-order valence-electron chi connectivity index (χ2n) is 8.64. The van der Waals surface area contributed by atoms with Crippen molar-refractivity contribution in [3.8, 4) is 5.75 Å². The van der Waals surface area contributed by atoms with Gasteiger partial charge >= 0.3 is 0 Å². The summed E-state index contributed by atoms with van der Waals surface area (Å²) in [7, 11) is 1.64. The summed E-state index contributed by atoms with van der Waals surface area (Å²) in [4.78, 5) is 30.5. The topological polar surface area (TPSA) is 49.9 Å². The molecule has 3 unspecified atom stereocenters. The molecule has 0 radical (unpaired) electrons. The Morgan fingerprint density at radius 1 is 1.03 bits per heavy atom. The van der Waals surface area contributed by atoms with Gasteiger partial charge in [0.1, 0.15) is 5.75 Å². The smallest absolute Gasteiger partial charge is 0.228 e. The van der Waals surface area contributed by atoms with Gasteiger partial charge in [0.2, 0.25) is 11.8 Å². The molecule has 30 heavy (non-hydrogen) atoms. The number of hydrogen-bond acceptors (Lipinski definition) is 3. The zero-order valence-electron chi connectivity index (χ0n) is 18.0. The predicted octanol–water partition coefficient (Wildman–Crippen LogP) is 4.36. The second kappa shape index (κ2) is 8.50. The molecule has 2 fully saturated rings. The molecule has 158 valence electrons. The van der Waals surface area contributed by atoms with Crippen LogP contribution in [0.3, 0.4) is 0 Å². The van der Waals surface area contributed by atoms with Crippen LogP contribution in [0.1, 0.15) is 43.4 Å². The molecule has 4 rings (SSSR count). The van der Waals surface area contributed by atoms with E-state index in [2.05, 4.69) is 6.92 Å². The van der Waals surface area contributed by atoms with Crippen molar-refractivity contribution in [1.29, 1.82) is 0 Å². The zero-order valence-corrected chi connectivity index (χ0v) is 18.0. The SMILES string of the molecule is COc1ccc(C2C(C(=O)N3CCC(C)C3)CCC(=O)N2c2ccc(C)cc2)cc1. The van der Waals surface area contributed by atoms with E-state index in [-0.39, 0.29) is 23.8 Å². The molecule has 2 aliphatic heterocycles. The van der Waals surface area contributed by atoms with E-state index >= 15 is 0 Å². The highest BCUT2D eigenvalue weighted by Gasteiger charge is 2.43. The first-order chi connectivity index (χ1) is 14.5. The Morgan fingerprint density at radius 2 is 1.73 bits per heavy atom. The molecular formula is C25H30N2O3. The highest BCUT2D eigenvalue weighted by atomic mass is 16.5. The summed E-state index contributed by atoms with van der Waals surface area (Å²) < 4.78 is 5.31. The predicted molar refractivity (Wildman–Crippen MR) is 117 cm³/mol. The number of piperidine rings is 1. The number of aryl methyl sites for hydroxylation is 1. The van der Waals surface area contributed by atoms with Crippen molar-refractivity contribution in [2.24, 2.45) is 11.8 Å². The Bertz CT molecular complexity index is 907. The number of ether oxygens (including phenoxy) is 1. The van der Waals surface area contributed by atoms with Gasteiger partial charge < -0.3 is 14.5 Å². The standard InChI is InChI=1S/C25H30N2O3/c1-17-4-8-20(9-5-17)27-23(28)13-12-22(25(29)26-15-14-18(2)16-26)24(27)19-6-10-21(30-3)11-7-19/h4-11,18,22,24H,12-16H2,1-3H3. The summed E-state index contributed by atoms with van der Waals surface area (Å²) in [5.41, 5.74) is 2.96. The lowest BCUT2D eigenvalue weighted by molar-refractivity contribution is -0.137. The molecule has 2 aromatic rings. The highest BCUT2D eigenvalue weighted by Crippen LogP contribution is 2.41. The Morgan fingerprint density at radius 3 is 2.33 bits per heavy atom. The first-order valence-corrected chi connectivity index (χ1v) is 10.8. The van der Waals surface area contributed by atoms with Crippen LogP contribution in [-0.4, -0.2) is 36.9 Å². The maximum atomic E-state index is 13.6. The molecule has 0 spiro atoms. The van der Waals surface area contributed by atoms with Gasteiger partial charge in [0.15, 0.2) is 0 Å². The maximum absolute atomic E-state index is 13.6. The number of benzene rings is 2. The summed E-state index contributed by atoms with van der Waals surface area (Å²) in [6, 6.07) is 15.4. The molecule has 0 bridgehead atoms.